The van der Waals surface area contributed by atoms with Gasteiger partial charge in [-0.3, -0.25) is 14.2 Å². The highest BCUT2D eigenvalue weighted by Gasteiger charge is 2.27. The summed E-state index contributed by atoms with van der Waals surface area (Å²) in [7, 11) is 3.18. The summed E-state index contributed by atoms with van der Waals surface area (Å²) >= 11 is 0. The average Bonchev–Trinajstić information content (AvgIpc) is 3.81. The zero-order chi connectivity index (χ0) is 33.5. The second-order valence-electron chi connectivity index (χ2n) is 11.5. The van der Waals surface area contributed by atoms with Crippen LogP contribution in [-0.4, -0.2) is 66.5 Å². The molecule has 2 aromatic carbocycles. The number of urea groups is 1. The Morgan fingerprint density at radius 2 is 1.92 bits per heavy atom. The minimum absolute atomic E-state index is 0.196. The molecule has 1 aliphatic carbocycles. The normalized spacial score (nSPS) is 13.7. The van der Waals surface area contributed by atoms with Crippen LogP contribution in [0.2, 0.25) is 0 Å². The van der Waals surface area contributed by atoms with E-state index in [2.05, 4.69) is 20.7 Å². The predicted octanol–water partition coefficient (Wildman–Crippen LogP) is 4.71. The van der Waals surface area contributed by atoms with Crippen molar-refractivity contribution in [3.63, 3.8) is 0 Å². The smallest absolute Gasteiger partial charge is 0.321 e. The fourth-order valence-corrected chi connectivity index (χ4v) is 5.81. The number of hydrogen-bond acceptors (Lipinski definition) is 8. The number of anilines is 2. The number of hydrogen-bond donors (Lipinski definition) is 3. The number of nitrogens with one attached hydrogen (secondary N) is 2. The number of nitrogens with two attached hydrogens (primary N) is 1. The number of nitrogen functional groups attached to an aromatic ring is 1. The number of aryl methyl sites for hydroxylation is 1. The van der Waals surface area contributed by atoms with Gasteiger partial charge in [-0.05, 0) is 78.6 Å². The van der Waals surface area contributed by atoms with Crippen molar-refractivity contribution in [1.82, 2.24) is 39.5 Å². The van der Waals surface area contributed by atoms with Crippen LogP contribution in [-0.2, 0) is 6.42 Å². The maximum absolute atomic E-state index is 13.7. The highest BCUT2D eigenvalue weighted by Crippen LogP contribution is 2.36. The molecule has 0 unspecified atom stereocenters. The Hall–Kier alpha value is -6.44. The number of carbonyl (C=O) groups is 3. The van der Waals surface area contributed by atoms with Gasteiger partial charge in [0.2, 0.25) is 5.95 Å². The van der Waals surface area contributed by atoms with Crippen LogP contribution in [0.3, 0.4) is 0 Å². The van der Waals surface area contributed by atoms with Gasteiger partial charge in [0.05, 0.1) is 17.3 Å². The highest BCUT2D eigenvalue weighted by molar-refractivity contribution is 6.00. The third kappa shape index (κ3) is 5.48. The lowest BCUT2D eigenvalue weighted by molar-refractivity contribution is 0.0936. The number of benzene rings is 2. The first-order chi connectivity index (χ1) is 23.2. The van der Waals surface area contributed by atoms with Crippen LogP contribution >= 0.6 is 0 Å². The molecule has 0 spiro atoms. The highest BCUT2D eigenvalue weighted by atomic mass is 19.1. The monoisotopic (exact) mass is 644 g/mol. The van der Waals surface area contributed by atoms with E-state index in [0.717, 1.165) is 16.8 Å². The molecule has 1 aliphatic rings. The summed E-state index contributed by atoms with van der Waals surface area (Å²) < 4.78 is 17.0. The molecule has 0 bridgehead atoms. The number of carbonyl (C=O) groups excluding carboxylic acids is 3. The molecule has 13 nitrogen and oxygen atoms in total. The fraction of sp³-hybridized carbons (Fsp3) is 0.147. The minimum Gasteiger partial charge on any atom is -0.383 e. The summed E-state index contributed by atoms with van der Waals surface area (Å²) in [5.74, 6) is 0.286. The molecular weight excluding hydrogens is 615 g/mol. The number of halogens is 1. The topological polar surface area (TPSA) is 166 Å². The van der Waals surface area contributed by atoms with Gasteiger partial charge in [-0.2, -0.15) is 4.39 Å². The number of aromatic nitrogens is 6. The lowest BCUT2D eigenvalue weighted by atomic mass is 10.1. The number of nitrogens with zero attached hydrogens (tertiary/aromatic N) is 7. The lowest BCUT2D eigenvalue weighted by Crippen LogP contribution is -2.28. The molecule has 0 radical (unpaired) electrons. The van der Waals surface area contributed by atoms with Crippen molar-refractivity contribution in [2.24, 2.45) is 0 Å². The summed E-state index contributed by atoms with van der Waals surface area (Å²) in [6.45, 7) is 0. The Morgan fingerprint density at radius 3 is 2.67 bits per heavy atom. The van der Waals surface area contributed by atoms with Gasteiger partial charge in [-0.1, -0.05) is 6.07 Å². The van der Waals surface area contributed by atoms with Crippen LogP contribution in [0.1, 0.15) is 44.3 Å². The quantitative estimate of drug-likeness (QED) is 0.210. The van der Waals surface area contributed by atoms with Crippen molar-refractivity contribution in [2.45, 2.75) is 18.9 Å². The summed E-state index contributed by atoms with van der Waals surface area (Å²) in [6.07, 6.45) is 5.07. The van der Waals surface area contributed by atoms with Crippen LogP contribution in [0, 0.1) is 5.95 Å². The Labute approximate surface area is 273 Å². The van der Waals surface area contributed by atoms with E-state index in [0.29, 0.717) is 64.6 Å². The van der Waals surface area contributed by atoms with Crippen LogP contribution < -0.4 is 16.4 Å². The third-order valence-corrected chi connectivity index (χ3v) is 8.22. The van der Waals surface area contributed by atoms with E-state index in [1.807, 2.05) is 28.8 Å². The number of fused-ring (bicyclic) bond motifs is 2. The molecular formula is C34H29FN10O3. The molecule has 0 saturated carbocycles. The second-order valence-corrected chi connectivity index (χ2v) is 11.5. The third-order valence-electron chi connectivity index (χ3n) is 8.22. The Morgan fingerprint density at radius 1 is 1.06 bits per heavy atom. The molecule has 1 atom stereocenters. The molecule has 0 aliphatic heterocycles. The first-order valence-electron chi connectivity index (χ1n) is 15.0. The van der Waals surface area contributed by atoms with E-state index in [-0.39, 0.29) is 23.5 Å². The Kier molecular flexibility index (Phi) is 7.59. The Bertz CT molecular complexity index is 2240. The van der Waals surface area contributed by atoms with E-state index < -0.39 is 5.95 Å². The van der Waals surface area contributed by atoms with Gasteiger partial charge >= 0.3 is 6.03 Å². The van der Waals surface area contributed by atoms with Gasteiger partial charge in [0, 0.05) is 49.4 Å². The van der Waals surface area contributed by atoms with Gasteiger partial charge in [0.25, 0.3) is 5.91 Å². The van der Waals surface area contributed by atoms with E-state index in [9.17, 15) is 18.8 Å². The van der Waals surface area contributed by atoms with Crippen molar-refractivity contribution >= 4 is 40.9 Å². The van der Waals surface area contributed by atoms with E-state index in [1.165, 1.54) is 27.9 Å². The average molecular weight is 645 g/mol. The van der Waals surface area contributed by atoms with Crippen molar-refractivity contribution in [3.8, 4) is 22.9 Å². The van der Waals surface area contributed by atoms with Crippen LogP contribution in [0.5, 0.6) is 0 Å². The standard InChI is InChI=1S/C34H29FN10O3/c1-43(2)34(48)40-25-9-6-20(16-21(25)18-46)33(47)39-26-10-5-19-17-22(7-8-23(19)26)45-31(24-4-3-14-37-30(24)36)38-27-11-12-29(41-32(27)45)44-15-13-28(35)42-44/h3-4,6-9,11-18,26H,5,10H2,1-2H3,(H2,36,37)(H,39,47)(H,40,48)/t26-/m0/s1. The minimum atomic E-state index is -0.621. The van der Waals surface area contributed by atoms with Crippen molar-refractivity contribution < 1.29 is 18.8 Å². The molecule has 3 amide bonds. The molecule has 0 saturated heterocycles. The largest absolute Gasteiger partial charge is 0.383 e. The number of pyridine rings is 2. The number of rotatable bonds is 7. The van der Waals surface area contributed by atoms with Crippen LogP contribution in [0.4, 0.5) is 20.7 Å². The van der Waals surface area contributed by atoms with Crippen LogP contribution in [0.15, 0.2) is 79.1 Å². The zero-order valence-corrected chi connectivity index (χ0v) is 25.9. The summed E-state index contributed by atoms with van der Waals surface area (Å²) in [4.78, 5) is 52.4. The molecule has 4 N–H and O–H groups in total. The summed E-state index contributed by atoms with van der Waals surface area (Å²) in [5, 5.41) is 9.60. The van der Waals surface area contributed by atoms with Gasteiger partial charge in [-0.15, -0.1) is 5.10 Å². The molecule has 14 heteroatoms. The number of amides is 3. The second kappa shape index (κ2) is 12.1. The number of aldehydes is 1. The summed E-state index contributed by atoms with van der Waals surface area (Å²) in [5.41, 5.74) is 11.6. The molecule has 4 heterocycles. The maximum atomic E-state index is 13.7. The zero-order valence-electron chi connectivity index (χ0n) is 25.9. The fourth-order valence-electron chi connectivity index (χ4n) is 5.81. The van der Waals surface area contributed by atoms with Crippen molar-refractivity contribution in [2.75, 3.05) is 25.1 Å². The van der Waals surface area contributed by atoms with Crippen molar-refractivity contribution in [1.29, 1.82) is 0 Å². The lowest BCUT2D eigenvalue weighted by Gasteiger charge is -2.17. The molecule has 6 aromatic rings. The number of imidazole rings is 1. The van der Waals surface area contributed by atoms with E-state index >= 15 is 0 Å². The first-order valence-corrected chi connectivity index (χ1v) is 15.0. The van der Waals surface area contributed by atoms with Crippen LogP contribution in [0.25, 0.3) is 34.1 Å². The predicted molar refractivity (Wildman–Crippen MR) is 177 cm³/mol. The maximum Gasteiger partial charge on any atom is 0.321 e. The molecule has 48 heavy (non-hydrogen) atoms. The molecule has 0 fully saturated rings. The van der Waals surface area contributed by atoms with E-state index in [1.54, 1.807) is 50.6 Å². The van der Waals surface area contributed by atoms with Gasteiger partial charge in [0.15, 0.2) is 23.6 Å². The molecule has 4 aromatic heterocycles. The molecule has 240 valence electrons. The Balaban J connectivity index is 1.22. The van der Waals surface area contributed by atoms with Gasteiger partial charge in [0.1, 0.15) is 11.3 Å². The SMILES string of the molecule is CN(C)C(=O)Nc1ccc(C(=O)N[C@H]2CCc3cc(-n4c(-c5cccnc5N)nc5ccc(-n6ccc(F)n6)nc54)ccc32)cc1C=O. The van der Waals surface area contributed by atoms with Crippen molar-refractivity contribution in [3.05, 3.63) is 107 Å². The molecule has 7 rings (SSSR count). The van der Waals surface area contributed by atoms with Gasteiger partial charge in [-0.25, -0.2) is 24.4 Å². The first kappa shape index (κ1) is 30.2. The van der Waals surface area contributed by atoms with Gasteiger partial charge < -0.3 is 21.3 Å². The summed E-state index contributed by atoms with van der Waals surface area (Å²) in [6, 6.07) is 18.2. The van der Waals surface area contributed by atoms with E-state index in [4.69, 9.17) is 15.7 Å².